The van der Waals surface area contributed by atoms with E-state index < -0.39 is 0 Å². The van der Waals surface area contributed by atoms with Crippen LogP contribution in [-0.2, 0) is 12.3 Å². The highest BCUT2D eigenvalue weighted by molar-refractivity contribution is 7.98. The smallest absolute Gasteiger partial charge is 0.232 e. The van der Waals surface area contributed by atoms with Gasteiger partial charge in [-0.15, -0.1) is 10.2 Å². The van der Waals surface area contributed by atoms with Crippen molar-refractivity contribution in [3.8, 4) is 5.75 Å². The van der Waals surface area contributed by atoms with Crippen LogP contribution in [0.15, 0.2) is 53.7 Å². The van der Waals surface area contributed by atoms with Crippen LogP contribution < -0.4 is 9.64 Å². The molecule has 0 radical (unpaired) electrons. The number of thioether (sulfide) groups is 1. The molecule has 0 saturated carbocycles. The largest absolute Gasteiger partial charge is 0.497 e. The molecule has 0 spiro atoms. The summed E-state index contributed by atoms with van der Waals surface area (Å²) in [7, 11) is 1.68. The fourth-order valence-corrected chi connectivity index (χ4v) is 3.94. The molecule has 0 saturated heterocycles. The Balaban J connectivity index is 1.51. The number of ether oxygens (including phenoxy) is 1. The van der Waals surface area contributed by atoms with E-state index in [1.165, 1.54) is 11.1 Å². The van der Waals surface area contributed by atoms with E-state index in [9.17, 15) is 0 Å². The minimum absolute atomic E-state index is 0.860. The van der Waals surface area contributed by atoms with Crippen molar-refractivity contribution >= 4 is 23.4 Å². The van der Waals surface area contributed by atoms with Crippen LogP contribution in [0.25, 0.3) is 0 Å². The highest BCUT2D eigenvalue weighted by atomic mass is 32.2. The van der Waals surface area contributed by atoms with Crippen molar-refractivity contribution in [2.75, 3.05) is 18.6 Å². The van der Waals surface area contributed by atoms with Crippen molar-refractivity contribution in [3.63, 3.8) is 0 Å². The van der Waals surface area contributed by atoms with Gasteiger partial charge in [-0.05, 0) is 36.8 Å². The summed E-state index contributed by atoms with van der Waals surface area (Å²) < 4.78 is 7.43. The van der Waals surface area contributed by atoms with E-state index in [0.717, 1.165) is 41.4 Å². The number of anilines is 2. The van der Waals surface area contributed by atoms with Crippen LogP contribution in [0.1, 0.15) is 11.1 Å². The normalized spacial score (nSPS) is 13.1. The molecule has 5 nitrogen and oxygen atoms in total. The molecule has 1 aromatic heterocycles. The van der Waals surface area contributed by atoms with Gasteiger partial charge in [0.2, 0.25) is 5.95 Å². The van der Waals surface area contributed by atoms with E-state index >= 15 is 0 Å². The Hall–Kier alpha value is -2.47. The third-order valence-corrected chi connectivity index (χ3v) is 5.36. The van der Waals surface area contributed by atoms with Gasteiger partial charge in [-0.1, -0.05) is 41.6 Å². The number of benzene rings is 2. The van der Waals surface area contributed by atoms with Crippen LogP contribution >= 0.6 is 11.8 Å². The Morgan fingerprint density at radius 1 is 1.08 bits per heavy atom. The lowest BCUT2D eigenvalue weighted by atomic mass is 10.2. The lowest BCUT2D eigenvalue weighted by Crippen LogP contribution is -2.14. The van der Waals surface area contributed by atoms with Gasteiger partial charge in [-0.3, -0.25) is 4.57 Å². The Labute approximate surface area is 151 Å². The average molecular weight is 352 g/mol. The van der Waals surface area contributed by atoms with E-state index in [1.807, 2.05) is 12.1 Å². The molecule has 0 amide bonds. The summed E-state index contributed by atoms with van der Waals surface area (Å²) in [6, 6.07) is 16.7. The van der Waals surface area contributed by atoms with Gasteiger partial charge in [-0.2, -0.15) is 0 Å². The van der Waals surface area contributed by atoms with Crippen LogP contribution in [0.5, 0.6) is 5.75 Å². The molecule has 3 aromatic rings. The molecule has 1 aliphatic heterocycles. The average Bonchev–Trinajstić information content (AvgIpc) is 3.22. The summed E-state index contributed by atoms with van der Waals surface area (Å²) in [4.78, 5) is 2.20. The molecule has 0 bridgehead atoms. The van der Waals surface area contributed by atoms with Crippen LogP contribution in [0.3, 0.4) is 0 Å². The third-order valence-electron chi connectivity index (χ3n) is 4.32. The Morgan fingerprint density at radius 3 is 2.68 bits per heavy atom. The Morgan fingerprint density at radius 2 is 1.92 bits per heavy atom. The number of aromatic nitrogens is 3. The van der Waals surface area contributed by atoms with Crippen LogP contribution in [0, 0.1) is 6.92 Å². The molecule has 0 unspecified atom stereocenters. The predicted molar refractivity (Wildman–Crippen MR) is 101 cm³/mol. The van der Waals surface area contributed by atoms with Crippen molar-refractivity contribution in [2.45, 2.75) is 24.4 Å². The topological polar surface area (TPSA) is 43.2 Å². The first-order valence-electron chi connectivity index (χ1n) is 8.28. The maximum Gasteiger partial charge on any atom is 0.232 e. The van der Waals surface area contributed by atoms with Crippen molar-refractivity contribution in [3.05, 3.63) is 59.7 Å². The number of hydrogen-bond donors (Lipinski definition) is 0. The number of aryl methyl sites for hydroxylation is 1. The predicted octanol–water partition coefficient (Wildman–Crippen LogP) is 4.04. The number of rotatable bonds is 5. The van der Waals surface area contributed by atoms with Crippen LogP contribution in [0.2, 0.25) is 0 Å². The second kappa shape index (κ2) is 6.80. The van der Waals surface area contributed by atoms with Gasteiger partial charge < -0.3 is 9.64 Å². The van der Waals surface area contributed by atoms with Crippen LogP contribution in [0.4, 0.5) is 11.6 Å². The van der Waals surface area contributed by atoms with E-state index in [0.29, 0.717) is 0 Å². The number of methoxy groups -OCH3 is 1. The molecule has 4 rings (SSSR count). The second-order valence-corrected chi connectivity index (χ2v) is 7.00. The SMILES string of the molecule is COc1ccc(N2CCn3c(SCc4cccc(C)c4)nnc32)cc1. The van der Waals surface area contributed by atoms with Crippen molar-refractivity contribution in [1.82, 2.24) is 14.8 Å². The highest BCUT2D eigenvalue weighted by Gasteiger charge is 2.26. The molecule has 0 fully saturated rings. The van der Waals surface area contributed by atoms with E-state index in [2.05, 4.69) is 63.0 Å². The minimum Gasteiger partial charge on any atom is -0.497 e. The Kier molecular flexibility index (Phi) is 4.36. The summed E-state index contributed by atoms with van der Waals surface area (Å²) in [5.74, 6) is 2.68. The summed E-state index contributed by atoms with van der Waals surface area (Å²) >= 11 is 1.74. The number of hydrogen-bond acceptors (Lipinski definition) is 5. The molecule has 0 N–H and O–H groups in total. The zero-order valence-corrected chi connectivity index (χ0v) is 15.2. The van der Waals surface area contributed by atoms with Gasteiger partial charge in [0.15, 0.2) is 5.16 Å². The third kappa shape index (κ3) is 3.22. The monoisotopic (exact) mass is 352 g/mol. The lowest BCUT2D eigenvalue weighted by Gasteiger charge is -2.15. The van der Waals surface area contributed by atoms with Gasteiger partial charge in [0.1, 0.15) is 5.75 Å². The first-order valence-corrected chi connectivity index (χ1v) is 9.26. The summed E-state index contributed by atoms with van der Waals surface area (Å²) in [6.45, 7) is 3.94. The summed E-state index contributed by atoms with van der Waals surface area (Å²) in [5.41, 5.74) is 3.71. The van der Waals surface area contributed by atoms with Gasteiger partial charge in [0, 0.05) is 24.5 Å². The fraction of sp³-hybridized carbons (Fsp3) is 0.263. The first kappa shape index (κ1) is 16.0. The first-order chi connectivity index (χ1) is 12.2. The summed E-state index contributed by atoms with van der Waals surface area (Å²) in [6.07, 6.45) is 0. The maximum absolute atomic E-state index is 5.23. The molecule has 2 heterocycles. The molecule has 6 heteroatoms. The molecule has 0 aliphatic carbocycles. The molecular weight excluding hydrogens is 332 g/mol. The van der Waals surface area contributed by atoms with Crippen molar-refractivity contribution < 1.29 is 4.74 Å². The van der Waals surface area contributed by atoms with Gasteiger partial charge in [-0.25, -0.2) is 0 Å². The minimum atomic E-state index is 0.860. The zero-order chi connectivity index (χ0) is 17.2. The van der Waals surface area contributed by atoms with E-state index in [1.54, 1.807) is 18.9 Å². The highest BCUT2D eigenvalue weighted by Crippen LogP contribution is 2.33. The fourth-order valence-electron chi connectivity index (χ4n) is 3.04. The second-order valence-electron chi connectivity index (χ2n) is 6.06. The van der Waals surface area contributed by atoms with Gasteiger partial charge in [0.05, 0.1) is 7.11 Å². The number of nitrogens with zero attached hydrogens (tertiary/aromatic N) is 4. The van der Waals surface area contributed by atoms with E-state index in [4.69, 9.17) is 4.74 Å². The van der Waals surface area contributed by atoms with Crippen LogP contribution in [-0.4, -0.2) is 28.4 Å². The lowest BCUT2D eigenvalue weighted by molar-refractivity contribution is 0.415. The molecular formula is C19H20N4OS. The maximum atomic E-state index is 5.23. The van der Waals surface area contributed by atoms with E-state index in [-0.39, 0.29) is 0 Å². The van der Waals surface area contributed by atoms with Crippen molar-refractivity contribution in [1.29, 1.82) is 0 Å². The Bertz CT molecular complexity index is 875. The van der Waals surface area contributed by atoms with Gasteiger partial charge >= 0.3 is 0 Å². The molecule has 2 aromatic carbocycles. The molecule has 0 atom stereocenters. The molecule has 25 heavy (non-hydrogen) atoms. The molecule has 1 aliphatic rings. The number of fused-ring (bicyclic) bond motifs is 1. The van der Waals surface area contributed by atoms with Gasteiger partial charge in [0.25, 0.3) is 0 Å². The summed E-state index contributed by atoms with van der Waals surface area (Å²) in [5, 5.41) is 9.79. The standard InChI is InChI=1S/C19H20N4OS/c1-14-4-3-5-15(12-14)13-25-19-21-20-18-22(10-11-23(18)19)16-6-8-17(24-2)9-7-16/h3-9,12H,10-11,13H2,1-2H3. The molecule has 128 valence electrons. The quantitative estimate of drug-likeness (QED) is 0.649. The van der Waals surface area contributed by atoms with Crippen molar-refractivity contribution in [2.24, 2.45) is 0 Å². The zero-order valence-electron chi connectivity index (χ0n) is 14.3.